The average Bonchev–Trinajstić information content (AvgIpc) is 2.80. The molecular weight excluding hydrogens is 493 g/mol. The van der Waals surface area contributed by atoms with Crippen molar-refractivity contribution in [2.75, 3.05) is 7.11 Å². The minimum absolute atomic E-state index is 0.0361. The predicted molar refractivity (Wildman–Crippen MR) is 125 cm³/mol. The summed E-state index contributed by atoms with van der Waals surface area (Å²) in [6.45, 7) is -0.0776. The number of aromatic nitrogens is 2. The molecule has 3 aromatic carbocycles. The summed E-state index contributed by atoms with van der Waals surface area (Å²) in [4.78, 5) is 8.86. The fraction of sp³-hybridized carbons (Fsp3) is 0.0833. The quantitative estimate of drug-likeness (QED) is 0.269. The first-order valence-corrected chi connectivity index (χ1v) is 10.7. The molecule has 1 heterocycles. The first-order valence-electron chi connectivity index (χ1n) is 9.60. The van der Waals surface area contributed by atoms with Crippen molar-refractivity contribution in [3.8, 4) is 34.3 Å². The fourth-order valence-corrected chi connectivity index (χ4v) is 3.77. The van der Waals surface area contributed by atoms with Crippen molar-refractivity contribution in [2.45, 2.75) is 6.61 Å². The van der Waals surface area contributed by atoms with Crippen LogP contribution in [0.25, 0.3) is 22.4 Å². The third-order valence-electron chi connectivity index (χ3n) is 4.72. The van der Waals surface area contributed by atoms with Crippen LogP contribution in [0, 0.1) is 11.6 Å². The van der Waals surface area contributed by atoms with E-state index < -0.39 is 11.6 Å². The van der Waals surface area contributed by atoms with Crippen LogP contribution < -0.4 is 9.47 Å². The van der Waals surface area contributed by atoms with Crippen LogP contribution in [0.1, 0.15) is 5.56 Å². The number of rotatable bonds is 6. The standard InChI is InChI=1S/C24H15Cl3F2N2O2/c1-32-24-30-22(17-8-7-16(26)11-18(17)27)21(14-3-5-15(25)6-4-14)23(31-24)33-12-13-2-9-19(28)20(29)10-13/h2-11H,12H2,1H3. The van der Waals surface area contributed by atoms with Gasteiger partial charge in [0.25, 0.3) is 0 Å². The average molecular weight is 508 g/mol. The van der Waals surface area contributed by atoms with Gasteiger partial charge in [-0.25, -0.2) is 8.78 Å². The molecule has 9 heteroatoms. The van der Waals surface area contributed by atoms with Crippen LogP contribution in [0.2, 0.25) is 15.1 Å². The van der Waals surface area contributed by atoms with Crippen molar-refractivity contribution < 1.29 is 18.3 Å². The Morgan fingerprint density at radius 2 is 1.55 bits per heavy atom. The van der Waals surface area contributed by atoms with Gasteiger partial charge in [0, 0.05) is 15.6 Å². The Balaban J connectivity index is 1.88. The molecule has 0 saturated heterocycles. The van der Waals surface area contributed by atoms with Crippen molar-refractivity contribution in [1.29, 1.82) is 0 Å². The van der Waals surface area contributed by atoms with E-state index in [0.717, 1.165) is 12.1 Å². The van der Waals surface area contributed by atoms with Gasteiger partial charge in [0.1, 0.15) is 6.61 Å². The molecule has 1 aromatic heterocycles. The SMILES string of the molecule is COc1nc(OCc2ccc(F)c(F)c2)c(-c2ccc(Cl)cc2)c(-c2ccc(Cl)cc2Cl)n1. The van der Waals surface area contributed by atoms with Crippen LogP contribution >= 0.6 is 34.8 Å². The number of hydrogen-bond donors (Lipinski definition) is 0. The normalized spacial score (nSPS) is 10.8. The third-order valence-corrected chi connectivity index (χ3v) is 5.52. The van der Waals surface area contributed by atoms with Crippen LogP contribution in [0.3, 0.4) is 0 Å². The van der Waals surface area contributed by atoms with Crippen molar-refractivity contribution in [1.82, 2.24) is 9.97 Å². The highest BCUT2D eigenvalue weighted by atomic mass is 35.5. The van der Waals surface area contributed by atoms with Gasteiger partial charge in [0.15, 0.2) is 11.6 Å². The maximum Gasteiger partial charge on any atom is 0.320 e. The molecule has 0 amide bonds. The Hall–Kier alpha value is -2.93. The first-order chi connectivity index (χ1) is 15.9. The predicted octanol–water partition coefficient (Wildman–Crippen LogP) is 7.64. The molecule has 0 unspecified atom stereocenters. The topological polar surface area (TPSA) is 44.2 Å². The Labute approximate surface area is 203 Å². The highest BCUT2D eigenvalue weighted by Crippen LogP contribution is 2.41. The van der Waals surface area contributed by atoms with Crippen LogP contribution in [-0.4, -0.2) is 17.1 Å². The second-order valence-electron chi connectivity index (χ2n) is 6.91. The lowest BCUT2D eigenvalue weighted by atomic mass is 10.00. The van der Waals surface area contributed by atoms with Crippen LogP contribution in [0.4, 0.5) is 8.78 Å². The summed E-state index contributed by atoms with van der Waals surface area (Å²) in [5, 5.41) is 1.38. The van der Waals surface area contributed by atoms with Gasteiger partial charge >= 0.3 is 6.01 Å². The molecule has 0 saturated carbocycles. The summed E-state index contributed by atoms with van der Waals surface area (Å²) >= 11 is 18.6. The van der Waals surface area contributed by atoms with E-state index in [1.54, 1.807) is 42.5 Å². The van der Waals surface area contributed by atoms with E-state index in [1.807, 2.05) is 0 Å². The molecule has 4 rings (SSSR count). The zero-order valence-electron chi connectivity index (χ0n) is 17.1. The Bertz CT molecular complexity index is 1320. The highest BCUT2D eigenvalue weighted by molar-refractivity contribution is 6.36. The summed E-state index contributed by atoms with van der Waals surface area (Å²) in [5.41, 5.74) is 2.64. The van der Waals surface area contributed by atoms with Gasteiger partial charge in [-0.3, -0.25) is 0 Å². The lowest BCUT2D eigenvalue weighted by Gasteiger charge is -2.17. The van der Waals surface area contributed by atoms with Crippen molar-refractivity contribution in [2.24, 2.45) is 0 Å². The van der Waals surface area contributed by atoms with E-state index in [1.165, 1.54) is 13.2 Å². The number of halogens is 5. The second-order valence-corrected chi connectivity index (χ2v) is 8.19. The molecule has 0 aliphatic carbocycles. The molecule has 0 bridgehead atoms. The van der Waals surface area contributed by atoms with Gasteiger partial charge in [-0.2, -0.15) is 9.97 Å². The third kappa shape index (κ3) is 5.19. The zero-order valence-corrected chi connectivity index (χ0v) is 19.3. The van der Waals surface area contributed by atoms with E-state index in [2.05, 4.69) is 9.97 Å². The van der Waals surface area contributed by atoms with E-state index in [0.29, 0.717) is 43.0 Å². The summed E-state index contributed by atoms with van der Waals surface area (Å²) in [5.74, 6) is -1.75. The fourth-order valence-electron chi connectivity index (χ4n) is 3.15. The molecule has 4 aromatic rings. The molecule has 0 N–H and O–H groups in total. The van der Waals surface area contributed by atoms with E-state index in [4.69, 9.17) is 44.3 Å². The van der Waals surface area contributed by atoms with Gasteiger partial charge < -0.3 is 9.47 Å². The van der Waals surface area contributed by atoms with Gasteiger partial charge in [-0.15, -0.1) is 0 Å². The molecular formula is C24H15Cl3F2N2O2. The molecule has 0 spiro atoms. The Morgan fingerprint density at radius 3 is 2.21 bits per heavy atom. The van der Waals surface area contributed by atoms with Crippen LogP contribution in [-0.2, 0) is 6.61 Å². The number of hydrogen-bond acceptors (Lipinski definition) is 4. The Kier molecular flexibility index (Phi) is 6.98. The first kappa shape index (κ1) is 23.2. The lowest BCUT2D eigenvalue weighted by molar-refractivity contribution is 0.285. The second kappa shape index (κ2) is 9.91. The molecule has 168 valence electrons. The highest BCUT2D eigenvalue weighted by Gasteiger charge is 2.22. The van der Waals surface area contributed by atoms with Crippen LogP contribution in [0.5, 0.6) is 11.9 Å². The minimum Gasteiger partial charge on any atom is -0.472 e. The molecule has 33 heavy (non-hydrogen) atoms. The minimum atomic E-state index is -0.970. The molecule has 0 fully saturated rings. The van der Waals surface area contributed by atoms with E-state index in [-0.39, 0.29) is 18.5 Å². The van der Waals surface area contributed by atoms with Crippen molar-refractivity contribution in [3.05, 3.63) is 92.9 Å². The van der Waals surface area contributed by atoms with Gasteiger partial charge in [0.2, 0.25) is 5.88 Å². The summed E-state index contributed by atoms with van der Waals surface area (Å²) in [6.07, 6.45) is 0. The lowest BCUT2D eigenvalue weighted by Crippen LogP contribution is -2.05. The van der Waals surface area contributed by atoms with Gasteiger partial charge in [-0.1, -0.05) is 53.0 Å². The van der Waals surface area contributed by atoms with Crippen LogP contribution in [0.15, 0.2) is 60.7 Å². The van der Waals surface area contributed by atoms with Gasteiger partial charge in [-0.05, 0) is 53.6 Å². The number of ether oxygens (including phenoxy) is 2. The molecule has 0 radical (unpaired) electrons. The Morgan fingerprint density at radius 1 is 0.818 bits per heavy atom. The van der Waals surface area contributed by atoms with E-state index in [9.17, 15) is 8.78 Å². The summed E-state index contributed by atoms with van der Waals surface area (Å²) in [6, 6.07) is 15.6. The monoisotopic (exact) mass is 506 g/mol. The van der Waals surface area contributed by atoms with Gasteiger partial charge in [0.05, 0.1) is 23.4 Å². The zero-order chi connectivity index (χ0) is 23.5. The van der Waals surface area contributed by atoms with E-state index >= 15 is 0 Å². The smallest absolute Gasteiger partial charge is 0.320 e. The van der Waals surface area contributed by atoms with Crippen molar-refractivity contribution >= 4 is 34.8 Å². The number of nitrogens with zero attached hydrogens (tertiary/aromatic N) is 2. The summed E-state index contributed by atoms with van der Waals surface area (Å²) in [7, 11) is 1.42. The summed E-state index contributed by atoms with van der Waals surface area (Å²) < 4.78 is 38.2. The maximum atomic E-state index is 13.7. The van der Waals surface area contributed by atoms with Crippen molar-refractivity contribution in [3.63, 3.8) is 0 Å². The molecule has 0 aliphatic heterocycles. The maximum absolute atomic E-state index is 13.7. The molecule has 0 aliphatic rings. The number of methoxy groups -OCH3 is 1. The largest absolute Gasteiger partial charge is 0.472 e. The number of benzene rings is 3. The molecule has 4 nitrogen and oxygen atoms in total. The molecule has 0 atom stereocenters.